The molecule has 0 N–H and O–H groups in total. The van der Waals surface area contributed by atoms with Gasteiger partial charge in [0.15, 0.2) is 0 Å². The van der Waals surface area contributed by atoms with E-state index in [9.17, 15) is 0 Å². The van der Waals surface area contributed by atoms with Crippen LogP contribution in [0.5, 0.6) is 0 Å². The van der Waals surface area contributed by atoms with E-state index in [2.05, 4.69) is 200 Å². The van der Waals surface area contributed by atoms with Gasteiger partial charge in [-0.05, 0) is 122 Å². The van der Waals surface area contributed by atoms with Gasteiger partial charge in [-0.25, -0.2) is 0 Å². The summed E-state index contributed by atoms with van der Waals surface area (Å²) in [4.78, 5) is 0. The maximum Gasteiger partial charge on any atom is 0.0757 e. The fourth-order valence-corrected chi connectivity index (χ4v) is 16.8. The molecule has 0 aromatic heterocycles. The highest BCUT2D eigenvalue weighted by atomic mass is 14.8. The lowest BCUT2D eigenvalue weighted by Gasteiger charge is -2.69. The first kappa shape index (κ1) is 103. The molecule has 0 bridgehead atoms. The maximum absolute atomic E-state index is 8.13. The van der Waals surface area contributed by atoms with Gasteiger partial charge >= 0.3 is 0 Å². The van der Waals surface area contributed by atoms with Crippen molar-refractivity contribution in [1.82, 2.24) is 0 Å². The Morgan fingerprint density at radius 3 is 1.02 bits per heavy atom. The van der Waals surface area contributed by atoms with Crippen molar-refractivity contribution in [2.24, 2.45) is 43.8 Å². The Morgan fingerprint density at radius 2 is 0.536 bits per heavy atom. The van der Waals surface area contributed by atoms with Crippen molar-refractivity contribution in [2.45, 2.75) is 468 Å². The molecule has 0 aliphatic heterocycles. The second-order valence-electron chi connectivity index (χ2n) is 32.5. The third-order valence-corrected chi connectivity index (χ3v) is 23.3. The summed E-state index contributed by atoms with van der Waals surface area (Å²) >= 11 is 0. The predicted molar refractivity (Wildman–Crippen MR) is 488 cm³/mol. The molecule has 0 aromatic carbocycles. The van der Waals surface area contributed by atoms with Crippen molar-refractivity contribution < 1.29 is 0 Å². The van der Waals surface area contributed by atoms with Crippen molar-refractivity contribution in [1.29, 1.82) is 0 Å². The first-order valence-electron chi connectivity index (χ1n) is 45.8. The summed E-state index contributed by atoms with van der Waals surface area (Å²) in [5, 5.41) is 0. The molecule has 0 aromatic rings. The summed E-state index contributed by atoms with van der Waals surface area (Å²) in [7, 11) is 0. The summed E-state index contributed by atoms with van der Waals surface area (Å²) in [5.74, 6) is 96.4. The Hall–Kier alpha value is -6.60. The number of hydrogen-bond donors (Lipinski definition) is 0. The molecule has 0 aliphatic rings. The van der Waals surface area contributed by atoms with E-state index in [1.807, 2.05) is 0 Å². The van der Waals surface area contributed by atoms with Crippen molar-refractivity contribution in [3.63, 3.8) is 0 Å². The molecule has 0 heteroatoms. The fraction of sp³-hybridized carbons (Fsp3) is 0.727. The Balaban J connectivity index is 13.4. The second kappa shape index (κ2) is 69.1. The minimum atomic E-state index is -1.22. The topological polar surface area (TPSA) is 0 Å². The van der Waals surface area contributed by atoms with Crippen LogP contribution in [0.1, 0.15) is 468 Å². The van der Waals surface area contributed by atoms with Crippen molar-refractivity contribution in [3.05, 3.63) is 0 Å². The molecule has 110 heavy (non-hydrogen) atoms. The van der Waals surface area contributed by atoms with Crippen LogP contribution in [-0.2, 0) is 0 Å². The number of unbranched alkanes of at least 4 members (excludes halogenated alkanes) is 39. The molecule has 7 unspecified atom stereocenters. The van der Waals surface area contributed by atoms with Crippen molar-refractivity contribution in [3.8, 4) is 181 Å². The summed E-state index contributed by atoms with van der Waals surface area (Å²) in [5.41, 5.74) is -7.54. The van der Waals surface area contributed by atoms with Gasteiger partial charge in [0.05, 0.1) is 27.1 Å². The van der Waals surface area contributed by atoms with Crippen LogP contribution >= 0.6 is 0 Å². The van der Waals surface area contributed by atoms with Crippen LogP contribution in [0.4, 0.5) is 0 Å². The molecular formula is C110H162. The van der Waals surface area contributed by atoms with Gasteiger partial charge in [0.25, 0.3) is 0 Å². The highest BCUT2D eigenvalue weighted by Gasteiger charge is 2.77. The Morgan fingerprint density at radius 1 is 0.227 bits per heavy atom. The van der Waals surface area contributed by atoms with Crippen LogP contribution in [0.15, 0.2) is 0 Å². The van der Waals surface area contributed by atoms with E-state index >= 15 is 0 Å². The molecule has 7 atom stereocenters. The molecule has 0 spiro atoms. The van der Waals surface area contributed by atoms with Gasteiger partial charge in [-0.15, -0.1) is 139 Å². The van der Waals surface area contributed by atoms with Gasteiger partial charge < -0.3 is 0 Å². The first-order valence-corrected chi connectivity index (χ1v) is 45.8. The SMILES string of the molecule is C#CCCCCCCCC(C#C)(CC#CCCCCCC)C(C#CCCCCCCC)(CCCCCCC#C)C(C#CCCCCCC)(CC#CCCCCC)C(CC#CCCCC)(CCCCCC#C)C(C#CCCCCC)(CCCCC#C)C(C#CCCCC)(CC#CCCC)C(C)(C#CC(C)C)CCCC#C. The molecule has 0 radical (unpaired) electrons. The lowest BCUT2D eigenvalue weighted by Crippen LogP contribution is -2.69. The lowest BCUT2D eigenvalue weighted by molar-refractivity contribution is -0.176. The Bertz CT molecular complexity index is 3290. The molecule has 602 valence electrons. The lowest BCUT2D eigenvalue weighted by atomic mass is 9.29. The molecule has 0 saturated heterocycles. The summed E-state index contributed by atoms with van der Waals surface area (Å²) in [6.45, 7) is 25.3. The van der Waals surface area contributed by atoms with Gasteiger partial charge in [-0.1, -0.05) is 278 Å². The van der Waals surface area contributed by atoms with E-state index in [1.54, 1.807) is 0 Å². The van der Waals surface area contributed by atoms with Gasteiger partial charge in [-0.2, -0.15) is 0 Å². The zero-order valence-corrected chi connectivity index (χ0v) is 73.7. The van der Waals surface area contributed by atoms with Gasteiger partial charge in [0.1, 0.15) is 0 Å². The fourth-order valence-electron chi connectivity index (χ4n) is 16.8. The normalized spacial score (nSPS) is 14.2. The number of terminal acetylenes is 6. The first-order chi connectivity index (χ1) is 53.8. The summed E-state index contributed by atoms with van der Waals surface area (Å²) < 4.78 is 0. The second-order valence-corrected chi connectivity index (χ2v) is 32.5. The van der Waals surface area contributed by atoms with Crippen molar-refractivity contribution >= 4 is 0 Å². The van der Waals surface area contributed by atoms with Crippen LogP contribution in [0.2, 0.25) is 0 Å². The minimum Gasteiger partial charge on any atom is -0.120 e. The standard InChI is InChI=1S/C110H162/c1-18-32-45-57-63-69-76-90-105(31-14,91-77-70-64-58-46-33-19-2)107(94-81-71-60-48-35-21-4,95-82-74-65-59-47-34-20-3)109(98-86-72-61-49-36-22-5,99-87-73-62-50-37-23-6)110(100-84-67-52-39-25-8,101-85-68-53-40-26-9)108(96-80-56-43-29-12,97-83-66-51-38-24-7)106(92-78-54-41-27-10,93-79-55-42-28-11)104(17,89-75-44-30-13)102-88-103(15)16/h1,4,8,12-14,103H,19-20,22-24,26-28,32-54,56-67,69,71-72,74-76,80-81,84,89-91,93-94,96,99-101H2,2-3,5-7,9-11,15-17H3. The Labute approximate surface area is 688 Å². The maximum atomic E-state index is 8.13. The van der Waals surface area contributed by atoms with E-state index in [0.717, 1.165) is 270 Å². The van der Waals surface area contributed by atoms with E-state index in [1.165, 1.54) is 25.7 Å². The third-order valence-electron chi connectivity index (χ3n) is 23.3. The average Bonchev–Trinajstić information content (AvgIpc) is 0.663. The molecule has 0 rings (SSSR count). The van der Waals surface area contributed by atoms with Crippen LogP contribution in [0, 0.1) is 224 Å². The molecular weight excluding hydrogens is 1320 g/mol. The monoisotopic (exact) mass is 1480 g/mol. The van der Waals surface area contributed by atoms with E-state index in [4.69, 9.17) is 56.3 Å². The van der Waals surface area contributed by atoms with E-state index in [-0.39, 0.29) is 5.92 Å². The van der Waals surface area contributed by atoms with E-state index < -0.39 is 37.9 Å². The number of hydrogen-bond acceptors (Lipinski definition) is 0. The largest absolute Gasteiger partial charge is 0.120 e. The van der Waals surface area contributed by atoms with E-state index in [0.29, 0.717) is 96.3 Å². The smallest absolute Gasteiger partial charge is 0.0757 e. The van der Waals surface area contributed by atoms with Gasteiger partial charge in [-0.3, -0.25) is 0 Å². The summed E-state index contributed by atoms with van der Waals surface area (Å²) in [6, 6.07) is 0. The molecule has 0 nitrogen and oxygen atoms in total. The predicted octanol–water partition coefficient (Wildman–Crippen LogP) is 30.4. The zero-order valence-electron chi connectivity index (χ0n) is 73.7. The summed E-state index contributed by atoms with van der Waals surface area (Å²) in [6.07, 6.45) is 93.4. The van der Waals surface area contributed by atoms with Gasteiger partial charge in [0.2, 0.25) is 0 Å². The minimum absolute atomic E-state index is 0.0434. The van der Waals surface area contributed by atoms with Crippen molar-refractivity contribution in [2.75, 3.05) is 0 Å². The molecule has 0 heterocycles. The highest BCUT2D eigenvalue weighted by Crippen LogP contribution is 2.78. The molecule has 0 amide bonds. The zero-order chi connectivity index (χ0) is 81.2. The highest BCUT2D eigenvalue weighted by molar-refractivity contribution is 5.49. The number of rotatable bonds is 59. The van der Waals surface area contributed by atoms with Crippen LogP contribution < -0.4 is 0 Å². The molecule has 0 aliphatic carbocycles. The van der Waals surface area contributed by atoms with Crippen LogP contribution in [-0.4, -0.2) is 0 Å². The van der Waals surface area contributed by atoms with Crippen LogP contribution in [0.25, 0.3) is 0 Å². The molecule has 0 fully saturated rings. The molecule has 0 saturated carbocycles. The van der Waals surface area contributed by atoms with Crippen LogP contribution in [0.3, 0.4) is 0 Å². The Kier molecular flexibility index (Phi) is 65.0. The quantitative estimate of drug-likeness (QED) is 0.0421. The average molecular weight is 1480 g/mol. The third kappa shape index (κ3) is 37.8. The van der Waals surface area contributed by atoms with Gasteiger partial charge in [0, 0.05) is 126 Å².